The molecule has 2 rings (SSSR count). The second-order valence-corrected chi connectivity index (χ2v) is 2.78. The van der Waals surface area contributed by atoms with E-state index in [0.717, 1.165) is 12.1 Å². The van der Waals surface area contributed by atoms with Crippen LogP contribution in [0.5, 0.6) is 0 Å². The van der Waals surface area contributed by atoms with Crippen LogP contribution in [0.3, 0.4) is 0 Å². The molecule has 0 saturated carbocycles. The summed E-state index contributed by atoms with van der Waals surface area (Å²) in [6, 6.07) is 10.2. The monoisotopic (exact) mass is 172 g/mol. The van der Waals surface area contributed by atoms with Crippen LogP contribution >= 0.6 is 0 Å². The zero-order chi connectivity index (χ0) is 8.93. The fourth-order valence-corrected chi connectivity index (χ4v) is 1.14. The molecule has 1 N–H and O–H groups in total. The van der Waals surface area contributed by atoms with E-state index in [9.17, 15) is 0 Å². The largest absolute Gasteiger partial charge is 0.265 e. The molecular weight excluding hydrogens is 162 g/mol. The third-order valence-corrected chi connectivity index (χ3v) is 1.81. The molecule has 2 aromatic rings. The summed E-state index contributed by atoms with van der Waals surface area (Å²) in [5, 5.41) is 10.2. The van der Waals surface area contributed by atoms with Gasteiger partial charge in [0.15, 0.2) is 0 Å². The summed E-state index contributed by atoms with van der Waals surface area (Å²) >= 11 is 0. The van der Waals surface area contributed by atoms with Crippen molar-refractivity contribution in [2.45, 2.75) is 6.42 Å². The first-order valence-corrected chi connectivity index (χ1v) is 4.19. The normalized spacial score (nSPS) is 10.2. The first kappa shape index (κ1) is 7.98. The highest BCUT2D eigenvalue weighted by molar-refractivity contribution is 5.23. The third kappa shape index (κ3) is 2.15. The van der Waals surface area contributed by atoms with Crippen molar-refractivity contribution < 1.29 is 0 Å². The quantitative estimate of drug-likeness (QED) is 0.764. The number of aromatic nitrogens is 3. The minimum Gasteiger partial charge on any atom is -0.265 e. The van der Waals surface area contributed by atoms with Crippen LogP contribution in [0.15, 0.2) is 36.5 Å². The smallest absolute Gasteiger partial charge is 0.0830 e. The molecule has 3 heteroatoms. The molecule has 0 fully saturated rings. The van der Waals surface area contributed by atoms with Crippen LogP contribution in [0.4, 0.5) is 0 Å². The standard InChI is InChI=1S/C10H10N3/c1-2-4-9(5-3-1)6-7-10-8-11-13-12-10/h1-6,8H,7H2,(H,11,12,13). The van der Waals surface area contributed by atoms with Gasteiger partial charge >= 0.3 is 0 Å². The summed E-state index contributed by atoms with van der Waals surface area (Å²) in [4.78, 5) is 0. The van der Waals surface area contributed by atoms with E-state index in [1.54, 1.807) is 6.20 Å². The summed E-state index contributed by atoms with van der Waals surface area (Å²) in [6.07, 6.45) is 4.75. The van der Waals surface area contributed by atoms with Gasteiger partial charge in [0.05, 0.1) is 5.69 Å². The van der Waals surface area contributed by atoms with Gasteiger partial charge < -0.3 is 0 Å². The summed E-state index contributed by atoms with van der Waals surface area (Å²) in [5.74, 6) is 0. The highest BCUT2D eigenvalue weighted by Crippen LogP contribution is 2.05. The number of hydrogen-bond donors (Lipinski definition) is 1. The van der Waals surface area contributed by atoms with Crippen molar-refractivity contribution in [1.82, 2.24) is 15.4 Å². The molecule has 0 saturated heterocycles. The molecule has 0 amide bonds. The van der Waals surface area contributed by atoms with E-state index < -0.39 is 0 Å². The van der Waals surface area contributed by atoms with Crippen molar-refractivity contribution >= 4 is 0 Å². The van der Waals surface area contributed by atoms with Crippen molar-refractivity contribution in [3.63, 3.8) is 0 Å². The van der Waals surface area contributed by atoms with Gasteiger partial charge in [0.25, 0.3) is 0 Å². The fraction of sp³-hybridized carbons (Fsp3) is 0.100. The molecule has 0 aliphatic carbocycles. The van der Waals surface area contributed by atoms with Crippen LogP contribution in [0.2, 0.25) is 0 Å². The Balaban J connectivity index is 1.94. The second-order valence-electron chi connectivity index (χ2n) is 2.78. The van der Waals surface area contributed by atoms with Gasteiger partial charge in [-0.15, -0.1) is 5.10 Å². The number of aromatic amines is 1. The lowest BCUT2D eigenvalue weighted by Gasteiger charge is -1.96. The zero-order valence-corrected chi connectivity index (χ0v) is 7.14. The summed E-state index contributed by atoms with van der Waals surface area (Å²) in [5.41, 5.74) is 2.18. The molecule has 1 aromatic heterocycles. The van der Waals surface area contributed by atoms with Gasteiger partial charge in [0.1, 0.15) is 0 Å². The Bertz CT molecular complexity index is 340. The summed E-state index contributed by atoms with van der Waals surface area (Å²) in [7, 11) is 0. The molecule has 0 unspecified atom stereocenters. The van der Waals surface area contributed by atoms with Gasteiger partial charge in [-0.3, -0.25) is 5.10 Å². The topological polar surface area (TPSA) is 41.6 Å². The minimum atomic E-state index is 0.820. The number of benzene rings is 1. The van der Waals surface area contributed by atoms with E-state index in [-0.39, 0.29) is 0 Å². The molecule has 0 bridgehead atoms. The maximum absolute atomic E-state index is 3.89. The summed E-state index contributed by atoms with van der Waals surface area (Å²) < 4.78 is 0. The fourth-order valence-electron chi connectivity index (χ4n) is 1.14. The van der Waals surface area contributed by atoms with Crippen molar-refractivity contribution in [3.8, 4) is 0 Å². The molecule has 3 nitrogen and oxygen atoms in total. The first-order valence-electron chi connectivity index (χ1n) is 4.19. The van der Waals surface area contributed by atoms with Gasteiger partial charge in [-0.05, 0) is 12.0 Å². The average Bonchev–Trinajstić information content (AvgIpc) is 2.69. The van der Waals surface area contributed by atoms with Gasteiger partial charge in [-0.2, -0.15) is 0 Å². The Morgan fingerprint density at radius 1 is 1.23 bits per heavy atom. The van der Waals surface area contributed by atoms with Crippen LogP contribution in [0.1, 0.15) is 11.3 Å². The van der Waals surface area contributed by atoms with E-state index in [1.807, 2.05) is 18.2 Å². The van der Waals surface area contributed by atoms with E-state index in [4.69, 9.17) is 0 Å². The average molecular weight is 172 g/mol. The third-order valence-electron chi connectivity index (χ3n) is 1.81. The zero-order valence-electron chi connectivity index (χ0n) is 7.14. The molecule has 1 heterocycles. The van der Waals surface area contributed by atoms with Gasteiger partial charge in [-0.1, -0.05) is 35.5 Å². The Morgan fingerprint density at radius 3 is 2.77 bits per heavy atom. The second kappa shape index (κ2) is 3.85. The van der Waals surface area contributed by atoms with Crippen molar-refractivity contribution in [3.05, 3.63) is 54.2 Å². The highest BCUT2D eigenvalue weighted by atomic mass is 15.3. The number of nitrogens with one attached hydrogen (secondary N) is 1. The SMILES string of the molecule is [CH](Cc1c[nH]nn1)c1ccccc1. The Morgan fingerprint density at radius 2 is 2.08 bits per heavy atom. The molecule has 1 aromatic carbocycles. The maximum Gasteiger partial charge on any atom is 0.0830 e. The van der Waals surface area contributed by atoms with Crippen LogP contribution in [0, 0.1) is 6.42 Å². The molecule has 0 atom stereocenters. The minimum absolute atomic E-state index is 0.820. The van der Waals surface area contributed by atoms with E-state index >= 15 is 0 Å². The molecule has 0 spiro atoms. The van der Waals surface area contributed by atoms with Gasteiger partial charge in [-0.25, -0.2) is 0 Å². The predicted molar refractivity (Wildman–Crippen MR) is 49.9 cm³/mol. The van der Waals surface area contributed by atoms with E-state index in [2.05, 4.69) is 34.0 Å². The summed E-state index contributed by atoms with van der Waals surface area (Å²) in [6.45, 7) is 0. The van der Waals surface area contributed by atoms with E-state index in [0.29, 0.717) is 0 Å². The molecule has 65 valence electrons. The Kier molecular flexibility index (Phi) is 2.36. The number of rotatable bonds is 3. The van der Waals surface area contributed by atoms with Crippen molar-refractivity contribution in [2.75, 3.05) is 0 Å². The highest BCUT2D eigenvalue weighted by Gasteiger charge is 1.96. The number of H-pyrrole nitrogens is 1. The molecule has 13 heavy (non-hydrogen) atoms. The Hall–Kier alpha value is -1.64. The number of hydrogen-bond acceptors (Lipinski definition) is 2. The predicted octanol–water partition coefficient (Wildman–Crippen LogP) is 1.60. The van der Waals surface area contributed by atoms with Crippen LogP contribution in [-0.2, 0) is 6.42 Å². The van der Waals surface area contributed by atoms with Crippen LogP contribution in [0.25, 0.3) is 0 Å². The molecule has 1 radical (unpaired) electrons. The lowest BCUT2D eigenvalue weighted by Crippen LogP contribution is -1.88. The maximum atomic E-state index is 3.89. The Labute approximate surface area is 76.8 Å². The number of nitrogens with zero attached hydrogens (tertiary/aromatic N) is 2. The van der Waals surface area contributed by atoms with Crippen LogP contribution in [-0.4, -0.2) is 15.4 Å². The van der Waals surface area contributed by atoms with Crippen LogP contribution < -0.4 is 0 Å². The van der Waals surface area contributed by atoms with Crippen molar-refractivity contribution in [1.29, 1.82) is 0 Å². The molecular formula is C10H10N3. The lowest BCUT2D eigenvalue weighted by molar-refractivity contribution is 0.913. The van der Waals surface area contributed by atoms with Gasteiger partial charge in [0, 0.05) is 12.6 Å². The lowest BCUT2D eigenvalue weighted by atomic mass is 10.1. The van der Waals surface area contributed by atoms with Gasteiger partial charge in [0.2, 0.25) is 0 Å². The van der Waals surface area contributed by atoms with Crippen molar-refractivity contribution in [2.24, 2.45) is 0 Å². The van der Waals surface area contributed by atoms with E-state index in [1.165, 1.54) is 5.56 Å². The first-order chi connectivity index (χ1) is 6.45. The molecule has 0 aliphatic heterocycles. The molecule has 0 aliphatic rings.